The van der Waals surface area contributed by atoms with Crippen molar-refractivity contribution in [1.82, 2.24) is 0 Å². The first-order chi connectivity index (χ1) is 7.73. The summed E-state index contributed by atoms with van der Waals surface area (Å²) >= 11 is 0. The van der Waals surface area contributed by atoms with Crippen molar-refractivity contribution < 1.29 is 118 Å². The van der Waals surface area contributed by atoms with Crippen molar-refractivity contribution >= 4 is 23.9 Å². The van der Waals surface area contributed by atoms with E-state index in [1.54, 1.807) is 0 Å². The van der Waals surface area contributed by atoms with E-state index in [4.69, 9.17) is 20.4 Å². The van der Waals surface area contributed by atoms with Crippen LogP contribution in [0.5, 0.6) is 0 Å². The monoisotopic (exact) mass is 358 g/mol. The number of carboxylic acids is 4. The summed E-state index contributed by atoms with van der Waals surface area (Å²) in [7, 11) is 0. The zero-order valence-corrected chi connectivity index (χ0v) is 18.1. The number of carboxylic acid groups (broad SMARTS) is 4. The zero-order chi connectivity index (χ0) is 13.6. The van der Waals surface area contributed by atoms with Crippen molar-refractivity contribution in [2.75, 3.05) is 0 Å². The fourth-order valence-electron chi connectivity index (χ4n) is 0.956. The number of hydrogen-bond acceptors (Lipinski definition) is 4. The van der Waals surface area contributed by atoms with Gasteiger partial charge in [0, 0.05) is 32.3 Å². The minimum absolute atomic E-state index is 0. The molecule has 0 rings (SSSR count). The van der Waals surface area contributed by atoms with Crippen LogP contribution in [0.4, 0.5) is 0 Å². The molecule has 2 atom stereocenters. The molecule has 0 amide bonds. The molecule has 0 spiro atoms. The van der Waals surface area contributed by atoms with Crippen LogP contribution in [0.3, 0.4) is 0 Å². The molecule has 0 bridgehead atoms. The third kappa shape index (κ3) is 13.4. The van der Waals surface area contributed by atoms with Gasteiger partial charge in [0.25, 0.3) is 11.9 Å². The zero-order valence-electron chi connectivity index (χ0n) is 11.1. The maximum Gasteiger partial charge on any atom is 1.00 e. The van der Waals surface area contributed by atoms with Crippen LogP contribution in [0, 0.1) is 0 Å². The van der Waals surface area contributed by atoms with E-state index in [-0.39, 0.29) is 78.6 Å². The fraction of sp³-hybridized carbons (Fsp3) is 0.500. The SMILES string of the molecule is O=C(O)CC([N-]C(CC(=O)O)C(=O)O)C(=O)O.[Na+].[Na+].[Zn]. The van der Waals surface area contributed by atoms with Crippen LogP contribution >= 0.6 is 0 Å². The molecule has 0 aliphatic heterocycles. The summed E-state index contributed by atoms with van der Waals surface area (Å²) in [4.78, 5) is 41.8. The van der Waals surface area contributed by atoms with E-state index >= 15 is 0 Å². The van der Waals surface area contributed by atoms with Crippen molar-refractivity contribution in [2.24, 2.45) is 0 Å². The standard InChI is InChI=1S/C8H10NO8.2Na.Zn/c10-5(11)1-3(7(14)15)9-4(8(16)17)2-6(12)13;;;/h3-4H,1-2H2,(H,10,11)(H,12,13)(H,14,15)(H,16,17);;;/q-1;2*+1;. The largest absolute Gasteiger partial charge is 1.00 e. The average Bonchev–Trinajstić information content (AvgIpc) is 2.13. The molecule has 0 aromatic rings. The normalized spacial score (nSPS) is 11.6. The van der Waals surface area contributed by atoms with Gasteiger partial charge in [0.05, 0.1) is 0 Å². The van der Waals surface area contributed by atoms with Gasteiger partial charge in [-0.15, -0.1) is 0 Å². The molecule has 0 heterocycles. The quantitative estimate of drug-likeness (QED) is 0.311. The third-order valence-corrected chi connectivity index (χ3v) is 1.67. The smallest absolute Gasteiger partial charge is 0.637 e. The Hall–Kier alpha value is 0.463. The molecule has 0 aliphatic carbocycles. The molecule has 0 fully saturated rings. The molecule has 0 radical (unpaired) electrons. The van der Waals surface area contributed by atoms with Crippen LogP contribution in [-0.2, 0) is 38.7 Å². The summed E-state index contributed by atoms with van der Waals surface area (Å²) in [5.74, 6) is -6.19. The molecule has 12 heteroatoms. The van der Waals surface area contributed by atoms with Gasteiger partial charge in [0.1, 0.15) is 0 Å². The van der Waals surface area contributed by atoms with Crippen molar-refractivity contribution in [3.63, 3.8) is 0 Å². The Bertz CT molecular complexity index is 321. The molecule has 2 unspecified atom stereocenters. The van der Waals surface area contributed by atoms with Gasteiger partial charge in [-0.1, -0.05) is 0 Å². The molecule has 98 valence electrons. The fourth-order valence-corrected chi connectivity index (χ4v) is 0.956. The summed E-state index contributed by atoms with van der Waals surface area (Å²) < 4.78 is 0. The van der Waals surface area contributed by atoms with Gasteiger partial charge in [-0.05, 0) is 12.1 Å². The number of rotatable bonds is 8. The molecule has 0 aliphatic rings. The number of aliphatic carboxylic acids is 4. The predicted octanol–water partition coefficient (Wildman–Crippen LogP) is -6.78. The second kappa shape index (κ2) is 14.4. The Morgan fingerprint density at radius 3 is 1.15 bits per heavy atom. The number of hydrogen-bond donors (Lipinski definition) is 4. The van der Waals surface area contributed by atoms with E-state index in [9.17, 15) is 19.2 Å². The van der Waals surface area contributed by atoms with E-state index in [1.165, 1.54) is 0 Å². The maximum absolute atomic E-state index is 10.6. The van der Waals surface area contributed by atoms with Crippen LogP contribution in [0.1, 0.15) is 12.8 Å². The minimum atomic E-state index is -1.78. The van der Waals surface area contributed by atoms with Gasteiger partial charge in [-0.25, -0.2) is 0 Å². The number of nitrogens with zero attached hydrogens (tertiary/aromatic N) is 1. The van der Waals surface area contributed by atoms with Crippen molar-refractivity contribution in [3.8, 4) is 0 Å². The van der Waals surface area contributed by atoms with Gasteiger partial charge >= 0.3 is 71.1 Å². The summed E-state index contributed by atoms with van der Waals surface area (Å²) in [6.45, 7) is 0. The van der Waals surface area contributed by atoms with Gasteiger partial charge in [-0.2, -0.15) is 0 Å². The minimum Gasteiger partial charge on any atom is -0.637 e. The van der Waals surface area contributed by atoms with Crippen LogP contribution < -0.4 is 59.1 Å². The molecule has 0 saturated carbocycles. The molecular weight excluding hydrogens is 349 g/mol. The Kier molecular flexibility index (Phi) is 20.6. The Balaban J connectivity index is -0.000000427. The van der Waals surface area contributed by atoms with Gasteiger partial charge in [-0.3, -0.25) is 19.2 Å². The molecule has 9 nitrogen and oxygen atoms in total. The molecule has 0 saturated heterocycles. The van der Waals surface area contributed by atoms with E-state index in [0.29, 0.717) is 0 Å². The van der Waals surface area contributed by atoms with Crippen molar-refractivity contribution in [3.05, 3.63) is 5.32 Å². The second-order valence-electron chi connectivity index (χ2n) is 3.05. The summed E-state index contributed by atoms with van der Waals surface area (Å²) in [5, 5.41) is 37.1. The second-order valence-corrected chi connectivity index (χ2v) is 3.05. The number of carbonyl (C=O) groups is 4. The first kappa shape index (κ1) is 28.6. The molecule has 0 aromatic heterocycles. The van der Waals surface area contributed by atoms with Gasteiger partial charge in [0.15, 0.2) is 0 Å². The third-order valence-electron chi connectivity index (χ3n) is 1.67. The van der Waals surface area contributed by atoms with Crippen molar-refractivity contribution in [2.45, 2.75) is 24.9 Å². The summed E-state index contributed by atoms with van der Waals surface area (Å²) in [6.07, 6.45) is -1.81. The Labute approximate surface area is 170 Å². The first-order valence-electron chi connectivity index (χ1n) is 4.33. The molecular formula is C8H10NNa2O8Zn+. The van der Waals surface area contributed by atoms with E-state index < -0.39 is 48.8 Å². The van der Waals surface area contributed by atoms with Gasteiger partial charge in [0.2, 0.25) is 0 Å². The van der Waals surface area contributed by atoms with E-state index in [0.717, 1.165) is 0 Å². The van der Waals surface area contributed by atoms with Crippen molar-refractivity contribution in [1.29, 1.82) is 0 Å². The van der Waals surface area contributed by atoms with Crippen LogP contribution in [0.15, 0.2) is 0 Å². The van der Waals surface area contributed by atoms with Crippen LogP contribution in [0.25, 0.3) is 5.32 Å². The van der Waals surface area contributed by atoms with Crippen LogP contribution in [-0.4, -0.2) is 56.4 Å². The summed E-state index contributed by atoms with van der Waals surface area (Å²) in [6, 6.07) is -3.57. The summed E-state index contributed by atoms with van der Waals surface area (Å²) in [5.41, 5.74) is 0. The van der Waals surface area contributed by atoms with E-state index in [1.807, 2.05) is 0 Å². The van der Waals surface area contributed by atoms with Crippen LogP contribution in [0.2, 0.25) is 0 Å². The molecule has 0 aromatic carbocycles. The maximum atomic E-state index is 10.6. The Morgan fingerprint density at radius 2 is 1.00 bits per heavy atom. The first-order valence-corrected chi connectivity index (χ1v) is 4.33. The predicted molar refractivity (Wildman–Crippen MR) is 50.7 cm³/mol. The molecule has 4 N–H and O–H groups in total. The van der Waals surface area contributed by atoms with Gasteiger partial charge < -0.3 is 25.7 Å². The molecule has 20 heavy (non-hydrogen) atoms. The Morgan fingerprint density at radius 1 is 0.750 bits per heavy atom. The average molecular weight is 360 g/mol. The van der Waals surface area contributed by atoms with E-state index in [2.05, 4.69) is 5.32 Å². The topological polar surface area (TPSA) is 163 Å².